The van der Waals surface area contributed by atoms with Crippen LogP contribution in [0.3, 0.4) is 0 Å². The van der Waals surface area contributed by atoms with Gasteiger partial charge in [-0.25, -0.2) is 0 Å². The molecule has 1 saturated heterocycles. The predicted molar refractivity (Wildman–Crippen MR) is 120 cm³/mol. The average Bonchev–Trinajstić information content (AvgIpc) is 3.11. The molecule has 2 unspecified atom stereocenters. The van der Waals surface area contributed by atoms with Gasteiger partial charge < -0.3 is 55.3 Å². The Kier molecular flexibility index (Phi) is 8.69. The fraction of sp³-hybridized carbons (Fsp3) is 0.565. The van der Waals surface area contributed by atoms with Gasteiger partial charge in [0.2, 0.25) is 12.2 Å². The summed E-state index contributed by atoms with van der Waals surface area (Å²) in [6.07, 6.45) is -11.9. The van der Waals surface area contributed by atoms with Crippen molar-refractivity contribution in [1.29, 1.82) is 0 Å². The highest BCUT2D eigenvalue weighted by Crippen LogP contribution is 2.32. The third kappa shape index (κ3) is 5.53. The van der Waals surface area contributed by atoms with E-state index in [0.29, 0.717) is 5.56 Å². The first-order valence-corrected chi connectivity index (χ1v) is 11.1. The van der Waals surface area contributed by atoms with E-state index in [2.05, 4.69) is 5.32 Å². The molecule has 1 saturated carbocycles. The SMILES string of the molecule is COC1[C@@H](O)[C@H](O)C(NC(=O)C(C)=Cc2ccc(O[C@@H]3O[C@@H](C(C)=O)[C@@H](O)[C@@H]3O)c(O)c2)[C@@H](O)[C@H]1O. The van der Waals surface area contributed by atoms with Gasteiger partial charge in [0, 0.05) is 12.7 Å². The van der Waals surface area contributed by atoms with E-state index in [1.807, 2.05) is 0 Å². The fourth-order valence-electron chi connectivity index (χ4n) is 4.18. The monoisotopic (exact) mass is 513 g/mol. The second-order valence-electron chi connectivity index (χ2n) is 8.85. The Morgan fingerprint density at radius 2 is 1.56 bits per heavy atom. The molecular weight excluding hydrogens is 482 g/mol. The molecule has 200 valence electrons. The zero-order chi connectivity index (χ0) is 26.9. The van der Waals surface area contributed by atoms with E-state index < -0.39 is 72.9 Å². The van der Waals surface area contributed by atoms with Crippen LogP contribution in [0.2, 0.25) is 0 Å². The van der Waals surface area contributed by atoms with Gasteiger partial charge in [-0.15, -0.1) is 0 Å². The zero-order valence-electron chi connectivity index (χ0n) is 19.8. The molecule has 13 heteroatoms. The number of aliphatic hydroxyl groups excluding tert-OH is 6. The van der Waals surface area contributed by atoms with Crippen LogP contribution in [-0.4, -0.2) is 116 Å². The lowest BCUT2D eigenvalue weighted by atomic mass is 9.83. The van der Waals surface area contributed by atoms with Gasteiger partial charge in [-0.05, 0) is 37.6 Å². The van der Waals surface area contributed by atoms with Crippen molar-refractivity contribution in [3.8, 4) is 11.5 Å². The summed E-state index contributed by atoms with van der Waals surface area (Å²) in [6, 6.07) is 2.65. The first kappa shape index (κ1) is 28.0. The van der Waals surface area contributed by atoms with Crippen LogP contribution in [0.15, 0.2) is 23.8 Å². The predicted octanol–water partition coefficient (Wildman–Crippen LogP) is -2.83. The molecule has 1 amide bonds. The van der Waals surface area contributed by atoms with E-state index in [1.54, 1.807) is 0 Å². The summed E-state index contributed by atoms with van der Waals surface area (Å²) in [5, 5.41) is 73.4. The molecular formula is C23H31NO12. The smallest absolute Gasteiger partial charge is 0.247 e. The summed E-state index contributed by atoms with van der Waals surface area (Å²) in [5.41, 5.74) is 0.452. The number of phenols is 1. The molecule has 2 aliphatic rings. The first-order valence-electron chi connectivity index (χ1n) is 11.1. The summed E-state index contributed by atoms with van der Waals surface area (Å²) in [6.45, 7) is 2.62. The Balaban J connectivity index is 1.68. The molecule has 1 aliphatic carbocycles. The van der Waals surface area contributed by atoms with Crippen molar-refractivity contribution < 1.29 is 59.5 Å². The van der Waals surface area contributed by atoms with E-state index in [-0.39, 0.29) is 17.1 Å². The molecule has 1 aliphatic heterocycles. The van der Waals surface area contributed by atoms with Crippen molar-refractivity contribution in [1.82, 2.24) is 5.32 Å². The van der Waals surface area contributed by atoms with Crippen molar-refractivity contribution in [2.75, 3.05) is 7.11 Å². The highest BCUT2D eigenvalue weighted by atomic mass is 16.7. The van der Waals surface area contributed by atoms with E-state index in [4.69, 9.17) is 14.2 Å². The van der Waals surface area contributed by atoms with Crippen LogP contribution >= 0.6 is 0 Å². The van der Waals surface area contributed by atoms with Crippen LogP contribution in [0.25, 0.3) is 6.08 Å². The maximum atomic E-state index is 12.6. The minimum atomic E-state index is -1.61. The van der Waals surface area contributed by atoms with Crippen molar-refractivity contribution in [3.05, 3.63) is 29.3 Å². The lowest BCUT2D eigenvalue weighted by Gasteiger charge is -2.43. The van der Waals surface area contributed by atoms with Gasteiger partial charge in [-0.3, -0.25) is 9.59 Å². The van der Waals surface area contributed by atoms with Crippen LogP contribution in [0, 0.1) is 0 Å². The van der Waals surface area contributed by atoms with Gasteiger partial charge in [-0.1, -0.05) is 6.07 Å². The number of ketones is 1. The highest BCUT2D eigenvalue weighted by Gasteiger charge is 2.50. The number of aromatic hydroxyl groups is 1. The number of phenolic OH excluding ortho intramolecular Hbond substituents is 1. The second-order valence-corrected chi connectivity index (χ2v) is 8.85. The number of nitrogens with one attached hydrogen (secondary N) is 1. The van der Waals surface area contributed by atoms with Crippen LogP contribution < -0.4 is 10.1 Å². The number of amides is 1. The summed E-state index contributed by atoms with van der Waals surface area (Å²) in [4.78, 5) is 24.1. The Morgan fingerprint density at radius 1 is 0.944 bits per heavy atom. The van der Waals surface area contributed by atoms with E-state index >= 15 is 0 Å². The number of benzene rings is 1. The Bertz CT molecular complexity index is 983. The van der Waals surface area contributed by atoms with Crippen LogP contribution in [0.5, 0.6) is 11.5 Å². The van der Waals surface area contributed by atoms with Gasteiger partial charge in [0.15, 0.2) is 17.3 Å². The quantitative estimate of drug-likeness (QED) is 0.173. The van der Waals surface area contributed by atoms with E-state index in [9.17, 15) is 45.3 Å². The average molecular weight is 513 g/mol. The number of methoxy groups -OCH3 is 1. The Morgan fingerprint density at radius 3 is 2.06 bits per heavy atom. The number of hydrogen-bond acceptors (Lipinski definition) is 12. The van der Waals surface area contributed by atoms with Crippen LogP contribution in [0.1, 0.15) is 19.4 Å². The summed E-state index contributed by atoms with van der Waals surface area (Å²) in [7, 11) is 1.20. The third-order valence-electron chi connectivity index (χ3n) is 6.27. The summed E-state index contributed by atoms with van der Waals surface area (Å²) < 4.78 is 15.5. The second kappa shape index (κ2) is 11.2. The molecule has 0 aromatic heterocycles. The van der Waals surface area contributed by atoms with Gasteiger partial charge >= 0.3 is 0 Å². The van der Waals surface area contributed by atoms with Gasteiger partial charge in [0.05, 0.1) is 6.04 Å². The molecule has 0 bridgehead atoms. The lowest BCUT2D eigenvalue weighted by Crippen LogP contribution is -2.68. The maximum absolute atomic E-state index is 12.6. The highest BCUT2D eigenvalue weighted by molar-refractivity contribution is 5.97. The number of aliphatic hydroxyl groups is 6. The molecule has 2 fully saturated rings. The zero-order valence-corrected chi connectivity index (χ0v) is 19.8. The Labute approximate surface area is 206 Å². The minimum absolute atomic E-state index is 0.0993. The molecule has 1 aromatic rings. The first-order chi connectivity index (χ1) is 16.9. The lowest BCUT2D eigenvalue weighted by molar-refractivity contribution is -0.199. The molecule has 8 N–H and O–H groups in total. The number of carbonyl (C=O) groups is 2. The van der Waals surface area contributed by atoms with Crippen LogP contribution in [0.4, 0.5) is 0 Å². The van der Waals surface area contributed by atoms with Crippen molar-refractivity contribution in [3.63, 3.8) is 0 Å². The van der Waals surface area contributed by atoms with Crippen LogP contribution in [-0.2, 0) is 19.1 Å². The van der Waals surface area contributed by atoms with Crippen molar-refractivity contribution in [2.45, 2.75) is 75.0 Å². The Hall–Kier alpha value is -2.62. The number of rotatable bonds is 7. The number of carbonyl (C=O) groups excluding carboxylic acids is 2. The standard InChI is InChI=1S/C23H31NO12/c1-8(22(33)24-13-14(27)16(29)21(34-3)17(30)15(13)28)6-10-4-5-12(11(26)7-10)35-23-19(32)18(31)20(36-23)9(2)25/h4-7,13-21,23,26-32H,1-3H3,(H,24,33)/t13?,14-,15-,16-,17+,18+,19+,20+,21?,23-/m1/s1. The maximum Gasteiger partial charge on any atom is 0.247 e. The number of hydrogen-bond donors (Lipinski definition) is 8. The molecule has 10 atom stereocenters. The minimum Gasteiger partial charge on any atom is -0.504 e. The summed E-state index contributed by atoms with van der Waals surface area (Å²) >= 11 is 0. The van der Waals surface area contributed by atoms with Gasteiger partial charge in [0.25, 0.3) is 0 Å². The largest absolute Gasteiger partial charge is 0.504 e. The normalized spacial score (nSPS) is 37.0. The molecule has 1 aromatic carbocycles. The topological polar surface area (TPSA) is 215 Å². The molecule has 3 rings (SSSR count). The third-order valence-corrected chi connectivity index (χ3v) is 6.27. The van der Waals surface area contributed by atoms with Gasteiger partial charge in [0.1, 0.15) is 48.8 Å². The van der Waals surface area contributed by atoms with E-state index in [1.165, 1.54) is 45.2 Å². The van der Waals surface area contributed by atoms with Gasteiger partial charge in [-0.2, -0.15) is 0 Å². The molecule has 36 heavy (non-hydrogen) atoms. The number of ether oxygens (including phenoxy) is 3. The number of Topliss-reactive ketones (excluding diaryl/α,β-unsaturated/α-hetero) is 1. The fourth-order valence-corrected chi connectivity index (χ4v) is 4.18. The van der Waals surface area contributed by atoms with Crippen molar-refractivity contribution >= 4 is 17.8 Å². The summed E-state index contributed by atoms with van der Waals surface area (Å²) in [5.74, 6) is -1.72. The molecule has 0 spiro atoms. The molecule has 0 radical (unpaired) electrons. The molecule has 1 heterocycles. The van der Waals surface area contributed by atoms with E-state index in [0.717, 1.165) is 0 Å². The molecule has 13 nitrogen and oxygen atoms in total. The van der Waals surface area contributed by atoms with Crippen molar-refractivity contribution in [2.24, 2.45) is 0 Å².